The Bertz CT molecular complexity index is 424. The molecule has 0 N–H and O–H groups in total. The lowest BCUT2D eigenvalue weighted by molar-refractivity contribution is 0.0738. The second-order valence-electron chi connectivity index (χ2n) is 4.50. The van der Waals surface area contributed by atoms with E-state index in [2.05, 4.69) is 22.9 Å². The first kappa shape index (κ1) is 12.9. The average molecular weight is 317 g/mol. The van der Waals surface area contributed by atoms with E-state index in [4.69, 9.17) is 11.6 Å². The third kappa shape index (κ3) is 2.66. The molecule has 0 saturated carbocycles. The van der Waals surface area contributed by atoms with Crippen molar-refractivity contribution in [3.63, 3.8) is 0 Å². The highest BCUT2D eigenvalue weighted by molar-refractivity contribution is 9.09. The maximum absolute atomic E-state index is 12.4. The first-order valence-corrected chi connectivity index (χ1v) is 7.26. The number of nitrogens with zero attached hydrogens (tertiary/aromatic N) is 1. The van der Waals surface area contributed by atoms with Crippen LogP contribution < -0.4 is 0 Å². The maximum Gasteiger partial charge on any atom is 0.254 e. The van der Waals surface area contributed by atoms with Crippen LogP contribution >= 0.6 is 27.5 Å². The van der Waals surface area contributed by atoms with Crippen LogP contribution in [-0.4, -0.2) is 28.7 Å². The van der Waals surface area contributed by atoms with Crippen molar-refractivity contribution < 1.29 is 4.79 Å². The van der Waals surface area contributed by atoms with E-state index in [0.717, 1.165) is 18.3 Å². The van der Waals surface area contributed by atoms with E-state index in [1.807, 2.05) is 17.0 Å². The number of likely N-dealkylation sites (tertiary alicyclic amines) is 1. The van der Waals surface area contributed by atoms with Gasteiger partial charge in [-0.05, 0) is 30.5 Å². The molecule has 1 aromatic rings. The summed E-state index contributed by atoms with van der Waals surface area (Å²) in [6.07, 6.45) is 1.07. The number of amides is 1. The largest absolute Gasteiger partial charge is 0.335 e. The number of carbonyl (C=O) groups excluding carboxylic acids is 1. The second-order valence-corrected chi connectivity index (χ2v) is 5.58. The van der Waals surface area contributed by atoms with Gasteiger partial charge in [-0.2, -0.15) is 0 Å². The summed E-state index contributed by atoms with van der Waals surface area (Å²) in [6, 6.07) is 7.45. The molecular weight excluding hydrogens is 302 g/mol. The lowest BCUT2D eigenvalue weighted by Crippen LogP contribution is -2.38. The van der Waals surface area contributed by atoms with Gasteiger partial charge < -0.3 is 4.90 Å². The van der Waals surface area contributed by atoms with Gasteiger partial charge in [0, 0.05) is 28.5 Å². The van der Waals surface area contributed by atoms with Crippen molar-refractivity contribution in [1.29, 1.82) is 0 Å². The second kappa shape index (κ2) is 5.40. The van der Waals surface area contributed by atoms with Gasteiger partial charge in [0.2, 0.25) is 0 Å². The Morgan fingerprint density at radius 3 is 3.00 bits per heavy atom. The van der Waals surface area contributed by atoms with Crippen LogP contribution in [0.15, 0.2) is 24.3 Å². The van der Waals surface area contributed by atoms with Crippen molar-refractivity contribution in [2.75, 3.05) is 11.9 Å². The molecule has 1 fully saturated rings. The Kier molecular flexibility index (Phi) is 4.10. The Morgan fingerprint density at radius 2 is 2.35 bits per heavy atom. The lowest BCUT2D eigenvalue weighted by atomic mass is 10.0. The Morgan fingerprint density at radius 1 is 1.59 bits per heavy atom. The van der Waals surface area contributed by atoms with Gasteiger partial charge in [0.1, 0.15) is 0 Å². The molecule has 1 aromatic carbocycles. The monoisotopic (exact) mass is 315 g/mol. The molecule has 17 heavy (non-hydrogen) atoms. The minimum atomic E-state index is 0.0845. The molecule has 0 radical (unpaired) electrons. The molecule has 1 saturated heterocycles. The molecule has 2 rings (SSSR count). The first-order valence-electron chi connectivity index (χ1n) is 5.76. The molecule has 1 aliphatic heterocycles. The van der Waals surface area contributed by atoms with Gasteiger partial charge in [-0.3, -0.25) is 4.79 Å². The first-order chi connectivity index (χ1) is 8.13. The molecule has 0 spiro atoms. The van der Waals surface area contributed by atoms with Crippen LogP contribution in [0, 0.1) is 5.92 Å². The topological polar surface area (TPSA) is 20.3 Å². The van der Waals surface area contributed by atoms with Gasteiger partial charge in [0.15, 0.2) is 0 Å². The average Bonchev–Trinajstić information content (AvgIpc) is 2.69. The summed E-state index contributed by atoms with van der Waals surface area (Å²) in [7, 11) is 0. The van der Waals surface area contributed by atoms with Crippen molar-refractivity contribution in [3.05, 3.63) is 34.9 Å². The van der Waals surface area contributed by atoms with Gasteiger partial charge in [-0.1, -0.05) is 40.5 Å². The van der Waals surface area contributed by atoms with E-state index in [1.54, 1.807) is 12.1 Å². The summed E-state index contributed by atoms with van der Waals surface area (Å²) >= 11 is 9.41. The molecule has 92 valence electrons. The molecule has 1 heterocycles. The van der Waals surface area contributed by atoms with Crippen LogP contribution in [0.3, 0.4) is 0 Å². The Labute approximate surface area is 115 Å². The molecule has 2 nitrogen and oxygen atoms in total. The molecule has 1 aliphatic rings. The summed E-state index contributed by atoms with van der Waals surface area (Å²) in [5.74, 6) is 0.638. The minimum absolute atomic E-state index is 0.0845. The van der Waals surface area contributed by atoms with E-state index in [-0.39, 0.29) is 5.91 Å². The third-order valence-corrected chi connectivity index (χ3v) is 4.27. The molecule has 2 atom stereocenters. The Hall–Kier alpha value is -0.540. The number of hydrogen-bond donors (Lipinski definition) is 0. The van der Waals surface area contributed by atoms with Crippen LogP contribution in [0.5, 0.6) is 0 Å². The van der Waals surface area contributed by atoms with E-state index in [0.29, 0.717) is 22.5 Å². The normalized spacial score (nSPS) is 24.1. The predicted molar refractivity (Wildman–Crippen MR) is 73.9 cm³/mol. The van der Waals surface area contributed by atoms with Crippen molar-refractivity contribution in [1.82, 2.24) is 4.90 Å². The number of benzene rings is 1. The van der Waals surface area contributed by atoms with Crippen molar-refractivity contribution in [3.8, 4) is 0 Å². The van der Waals surface area contributed by atoms with E-state index < -0.39 is 0 Å². The zero-order chi connectivity index (χ0) is 12.4. The fourth-order valence-corrected chi connectivity index (χ4v) is 3.46. The number of alkyl halides is 1. The van der Waals surface area contributed by atoms with Crippen LogP contribution in [0.4, 0.5) is 0 Å². The van der Waals surface area contributed by atoms with Crippen LogP contribution in [0.1, 0.15) is 23.7 Å². The van der Waals surface area contributed by atoms with Gasteiger partial charge in [-0.15, -0.1) is 0 Å². The standard InChI is InChI=1S/C13H15BrClNO/c1-9-5-6-16(12(9)8-14)13(17)10-3-2-4-11(15)7-10/h2-4,7,9,12H,5-6,8H2,1H3. The van der Waals surface area contributed by atoms with E-state index >= 15 is 0 Å². The van der Waals surface area contributed by atoms with E-state index in [1.165, 1.54) is 0 Å². The van der Waals surface area contributed by atoms with Gasteiger partial charge >= 0.3 is 0 Å². The van der Waals surface area contributed by atoms with Gasteiger partial charge in [0.05, 0.1) is 0 Å². The lowest BCUT2D eigenvalue weighted by Gasteiger charge is -2.25. The highest BCUT2D eigenvalue weighted by Crippen LogP contribution is 2.27. The quantitative estimate of drug-likeness (QED) is 0.764. The number of carbonyl (C=O) groups is 1. The summed E-state index contributed by atoms with van der Waals surface area (Å²) in [5.41, 5.74) is 0.678. The van der Waals surface area contributed by atoms with Crippen molar-refractivity contribution >= 4 is 33.4 Å². The summed E-state index contributed by atoms with van der Waals surface area (Å²) < 4.78 is 0. The summed E-state index contributed by atoms with van der Waals surface area (Å²) in [4.78, 5) is 14.3. The van der Waals surface area contributed by atoms with Crippen molar-refractivity contribution in [2.45, 2.75) is 19.4 Å². The minimum Gasteiger partial charge on any atom is -0.335 e. The maximum atomic E-state index is 12.4. The Balaban J connectivity index is 2.20. The zero-order valence-electron chi connectivity index (χ0n) is 9.70. The number of rotatable bonds is 2. The summed E-state index contributed by atoms with van der Waals surface area (Å²) in [6.45, 7) is 3.03. The fraction of sp³-hybridized carbons (Fsp3) is 0.462. The van der Waals surface area contributed by atoms with E-state index in [9.17, 15) is 4.79 Å². The van der Waals surface area contributed by atoms with Crippen LogP contribution in [0.25, 0.3) is 0 Å². The van der Waals surface area contributed by atoms with Crippen molar-refractivity contribution in [2.24, 2.45) is 5.92 Å². The number of halogens is 2. The van der Waals surface area contributed by atoms with Crippen LogP contribution in [-0.2, 0) is 0 Å². The molecular formula is C13H15BrClNO. The molecule has 2 unspecified atom stereocenters. The summed E-state index contributed by atoms with van der Waals surface area (Å²) in [5, 5.41) is 1.44. The smallest absolute Gasteiger partial charge is 0.254 e. The zero-order valence-corrected chi connectivity index (χ0v) is 12.0. The van der Waals surface area contributed by atoms with Gasteiger partial charge in [-0.25, -0.2) is 0 Å². The fourth-order valence-electron chi connectivity index (χ4n) is 2.28. The molecule has 4 heteroatoms. The molecule has 0 aromatic heterocycles. The highest BCUT2D eigenvalue weighted by Gasteiger charge is 2.33. The SMILES string of the molecule is CC1CCN(C(=O)c2cccc(Cl)c2)C1CBr. The molecule has 0 aliphatic carbocycles. The highest BCUT2D eigenvalue weighted by atomic mass is 79.9. The third-order valence-electron chi connectivity index (χ3n) is 3.37. The molecule has 1 amide bonds. The predicted octanol–water partition coefficient (Wildman–Crippen LogP) is 3.59. The number of hydrogen-bond acceptors (Lipinski definition) is 1. The van der Waals surface area contributed by atoms with Gasteiger partial charge in [0.25, 0.3) is 5.91 Å². The van der Waals surface area contributed by atoms with Crippen LogP contribution in [0.2, 0.25) is 5.02 Å². The molecule has 0 bridgehead atoms.